The lowest BCUT2D eigenvalue weighted by Gasteiger charge is -2.13. The molecule has 8 aromatic rings. The minimum atomic E-state index is -0.991. The third kappa shape index (κ3) is 17.0. The van der Waals surface area contributed by atoms with Gasteiger partial charge in [0, 0.05) is 48.0 Å². The summed E-state index contributed by atoms with van der Waals surface area (Å²) >= 11 is 0. The lowest BCUT2D eigenvalue weighted by atomic mass is 10.0. The summed E-state index contributed by atoms with van der Waals surface area (Å²) in [6.07, 6.45) is 5.85. The van der Waals surface area contributed by atoms with Crippen molar-refractivity contribution in [2.45, 2.75) is 66.2 Å². The number of aryl methyl sites for hydroxylation is 8. The number of carbonyl (C=O) groups is 3. The number of nitrogens with one attached hydrogen (secondary N) is 4. The van der Waals surface area contributed by atoms with Crippen molar-refractivity contribution >= 4 is 57.6 Å². The quantitative estimate of drug-likeness (QED) is 0.0529. The van der Waals surface area contributed by atoms with E-state index in [0.717, 1.165) is 72.4 Å². The zero-order chi connectivity index (χ0) is 49.7. The molecule has 0 atom stereocenters. The fraction of sp³-hybridized carbons (Fsp3) is 0.164. The minimum absolute atomic E-state index is 0.0683. The van der Waals surface area contributed by atoms with Crippen LogP contribution < -0.4 is 27.0 Å². The number of nitrogen functional groups attached to an aromatic ring is 1. The summed E-state index contributed by atoms with van der Waals surface area (Å²) in [5, 5.41) is 21.7. The van der Waals surface area contributed by atoms with Gasteiger partial charge in [0.1, 0.15) is 0 Å². The summed E-state index contributed by atoms with van der Waals surface area (Å²) in [4.78, 5) is 34.1. The van der Waals surface area contributed by atoms with E-state index < -0.39 is 5.97 Å². The number of anilines is 7. The molecule has 0 saturated heterocycles. The van der Waals surface area contributed by atoms with Crippen LogP contribution >= 0.6 is 0 Å². The molecule has 9 nitrogen and oxygen atoms in total. The Morgan fingerprint density at radius 1 is 0.400 bits per heavy atom. The average molecular weight is 930 g/mol. The summed E-state index contributed by atoms with van der Waals surface area (Å²) < 4.78 is 0. The maximum Gasteiger partial charge on any atom is 0.337 e. The second-order valence-electron chi connectivity index (χ2n) is 17.3. The highest BCUT2D eigenvalue weighted by molar-refractivity contribution is 5.96. The van der Waals surface area contributed by atoms with E-state index in [2.05, 4.69) is 125 Å². The van der Waals surface area contributed by atoms with Crippen molar-refractivity contribution in [3.63, 3.8) is 0 Å². The van der Waals surface area contributed by atoms with Crippen LogP contribution in [0.1, 0.15) is 68.7 Å². The Morgan fingerprint density at radius 2 is 0.771 bits per heavy atom. The molecule has 0 heterocycles. The predicted molar refractivity (Wildman–Crippen MR) is 290 cm³/mol. The molecule has 0 radical (unpaired) electrons. The van der Waals surface area contributed by atoms with Crippen LogP contribution in [0.15, 0.2) is 194 Å². The molecule has 0 spiro atoms. The predicted octanol–water partition coefficient (Wildman–Crippen LogP) is 13.7. The Balaban J connectivity index is 0.000000178. The van der Waals surface area contributed by atoms with Crippen LogP contribution in [-0.4, -0.2) is 22.9 Å². The van der Waals surface area contributed by atoms with Crippen molar-refractivity contribution in [3.05, 3.63) is 244 Å². The summed E-state index contributed by atoms with van der Waals surface area (Å²) in [7, 11) is 0. The molecule has 7 N–H and O–H groups in total. The summed E-state index contributed by atoms with van der Waals surface area (Å²) in [5.74, 6) is -1.22. The van der Waals surface area contributed by atoms with Crippen molar-refractivity contribution in [1.29, 1.82) is 0 Å². The lowest BCUT2D eigenvalue weighted by Crippen LogP contribution is -2.07. The van der Waals surface area contributed by atoms with Gasteiger partial charge in [0.15, 0.2) is 0 Å². The summed E-state index contributed by atoms with van der Waals surface area (Å²) in [5.41, 5.74) is 21.7. The minimum Gasteiger partial charge on any atom is -0.478 e. The second kappa shape index (κ2) is 26.2. The van der Waals surface area contributed by atoms with Crippen LogP contribution in [0.2, 0.25) is 0 Å². The molecule has 0 aliphatic rings. The molecule has 0 aliphatic heterocycles. The summed E-state index contributed by atoms with van der Waals surface area (Å²) in [6, 6.07) is 64.4. The first-order valence-corrected chi connectivity index (χ1v) is 23.6. The Bertz CT molecular complexity index is 2960. The van der Waals surface area contributed by atoms with E-state index >= 15 is 0 Å². The molecule has 8 rings (SSSR count). The first kappa shape index (κ1) is 51.0. The molecular formula is C61H63N5O4. The monoisotopic (exact) mass is 929 g/mol. The zero-order valence-corrected chi connectivity index (χ0v) is 40.5. The Kier molecular flexibility index (Phi) is 19.1. The number of benzene rings is 8. The number of amides is 2. The molecule has 0 saturated carbocycles. The highest BCUT2D eigenvalue weighted by Gasteiger charge is 2.12. The van der Waals surface area contributed by atoms with Gasteiger partial charge in [-0.05, 0) is 158 Å². The van der Waals surface area contributed by atoms with Crippen molar-refractivity contribution in [2.75, 3.05) is 27.0 Å². The highest BCUT2D eigenvalue weighted by atomic mass is 16.4. The van der Waals surface area contributed by atoms with E-state index in [4.69, 9.17) is 5.73 Å². The van der Waals surface area contributed by atoms with E-state index in [-0.39, 0.29) is 17.4 Å². The molecule has 2 amide bonds. The topological polar surface area (TPSA) is 146 Å². The van der Waals surface area contributed by atoms with E-state index in [1.54, 1.807) is 24.3 Å². The number of hydrogen-bond acceptors (Lipinski definition) is 6. The van der Waals surface area contributed by atoms with Crippen LogP contribution in [0.3, 0.4) is 0 Å². The number of aromatic carboxylic acids is 1. The van der Waals surface area contributed by atoms with Gasteiger partial charge in [0.05, 0.1) is 11.3 Å². The molecule has 0 aliphatic carbocycles. The molecule has 8 aromatic carbocycles. The Morgan fingerprint density at radius 3 is 1.20 bits per heavy atom. The number of rotatable bonds is 16. The normalized spacial score (nSPS) is 10.3. The lowest BCUT2D eigenvalue weighted by molar-refractivity contribution is -0.115. The van der Waals surface area contributed by atoms with Crippen molar-refractivity contribution in [2.24, 2.45) is 0 Å². The number of carbonyl (C=O) groups excluding carboxylic acids is 2. The number of hydrogen-bond donors (Lipinski definition) is 6. The van der Waals surface area contributed by atoms with Gasteiger partial charge in [0.25, 0.3) is 0 Å². The standard InChI is InChI=1S/C23H22N2O3.C23H24N2O.C15H17N/c1-16(26)24-19-8-5-9-20(15-19)25-22-14-18(12-13-21(22)23(27)28)11-10-17-6-3-2-4-7-17;1-17-11-12-20(14-13-19-7-4-3-5-8-19)15-23(17)25-22-10-6-9-21(16-22)24-18(2)26;1-12-7-8-14(11-15(12)16)10-9-13-5-3-2-4-6-13/h2-9,12-15,25H,10-11H2,1H3,(H,24,26)(H,27,28);3-12,15-16,25H,13-14H2,1-2H3,(H,24,26);2-8,11H,9-10,16H2,1H3. The van der Waals surface area contributed by atoms with E-state index in [1.165, 1.54) is 47.2 Å². The van der Waals surface area contributed by atoms with Gasteiger partial charge in [-0.2, -0.15) is 0 Å². The first-order valence-electron chi connectivity index (χ1n) is 23.6. The van der Waals surface area contributed by atoms with Gasteiger partial charge in [-0.1, -0.05) is 133 Å². The van der Waals surface area contributed by atoms with E-state index in [1.807, 2.05) is 79.7 Å². The van der Waals surface area contributed by atoms with Crippen LogP contribution in [0, 0.1) is 13.8 Å². The van der Waals surface area contributed by atoms with Crippen molar-refractivity contribution in [1.82, 2.24) is 0 Å². The zero-order valence-electron chi connectivity index (χ0n) is 40.5. The van der Waals surface area contributed by atoms with E-state index in [9.17, 15) is 19.5 Å². The SMILES string of the molecule is CC(=O)Nc1cccc(Nc2cc(CCc3ccccc3)ccc2C(=O)O)c1.CC(=O)Nc1cccc(Nc2cc(CCc3ccccc3)ccc2C)c1.Cc1ccc(CCc2ccccc2)cc1N. The van der Waals surface area contributed by atoms with Crippen molar-refractivity contribution in [3.8, 4) is 0 Å². The highest BCUT2D eigenvalue weighted by Crippen LogP contribution is 2.27. The van der Waals surface area contributed by atoms with Crippen molar-refractivity contribution < 1.29 is 19.5 Å². The number of carboxylic acid groups (broad SMARTS) is 1. The second-order valence-corrected chi connectivity index (χ2v) is 17.3. The third-order valence-electron chi connectivity index (χ3n) is 11.5. The first-order chi connectivity index (χ1) is 33.9. The van der Waals surface area contributed by atoms with Gasteiger partial charge in [-0.3, -0.25) is 9.59 Å². The summed E-state index contributed by atoms with van der Waals surface area (Å²) in [6.45, 7) is 7.09. The molecule has 356 valence electrons. The fourth-order valence-corrected chi connectivity index (χ4v) is 7.71. The Hall–Kier alpha value is -8.43. The molecule has 70 heavy (non-hydrogen) atoms. The van der Waals surface area contributed by atoms with Crippen LogP contribution in [0.4, 0.5) is 39.8 Å². The van der Waals surface area contributed by atoms with Gasteiger partial charge in [-0.25, -0.2) is 4.79 Å². The van der Waals surface area contributed by atoms with Gasteiger partial charge in [0.2, 0.25) is 11.8 Å². The smallest absolute Gasteiger partial charge is 0.337 e. The van der Waals surface area contributed by atoms with Gasteiger partial charge in [-0.15, -0.1) is 0 Å². The molecule has 0 unspecified atom stereocenters. The maximum atomic E-state index is 11.6. The number of carboxylic acids is 1. The van der Waals surface area contributed by atoms with Crippen LogP contribution in [0.5, 0.6) is 0 Å². The van der Waals surface area contributed by atoms with Crippen LogP contribution in [-0.2, 0) is 48.1 Å². The Labute approximate surface area is 412 Å². The largest absolute Gasteiger partial charge is 0.478 e. The number of nitrogens with two attached hydrogens (primary N) is 1. The molecule has 0 bridgehead atoms. The van der Waals surface area contributed by atoms with Gasteiger partial charge < -0.3 is 32.1 Å². The molecule has 9 heteroatoms. The molecule has 0 fully saturated rings. The van der Waals surface area contributed by atoms with E-state index in [0.29, 0.717) is 17.1 Å². The molecule has 0 aromatic heterocycles. The maximum absolute atomic E-state index is 11.6. The average Bonchev–Trinajstić information content (AvgIpc) is 3.35. The third-order valence-corrected chi connectivity index (χ3v) is 11.5. The van der Waals surface area contributed by atoms with Crippen LogP contribution in [0.25, 0.3) is 0 Å². The molecular weight excluding hydrogens is 867 g/mol. The van der Waals surface area contributed by atoms with Gasteiger partial charge >= 0.3 is 5.97 Å². The fourth-order valence-electron chi connectivity index (χ4n) is 7.71.